The van der Waals surface area contributed by atoms with Crippen molar-refractivity contribution in [1.29, 1.82) is 0 Å². The molecule has 0 atom stereocenters. The summed E-state index contributed by atoms with van der Waals surface area (Å²) in [5, 5.41) is 0. The highest BCUT2D eigenvalue weighted by Crippen LogP contribution is 2.45. The quantitative estimate of drug-likeness (QED) is 0.835. The molecule has 3 rings (SSSR count). The zero-order chi connectivity index (χ0) is 18.2. The van der Waals surface area contributed by atoms with Crippen LogP contribution in [0.1, 0.15) is 45.1 Å². The maximum Gasteiger partial charge on any atom is 0.185 e. The van der Waals surface area contributed by atoms with Crippen LogP contribution in [0.2, 0.25) is 0 Å². The third kappa shape index (κ3) is 3.85. The van der Waals surface area contributed by atoms with E-state index in [0.717, 1.165) is 38.4 Å². The maximum atomic E-state index is 6.23. The molecule has 2 heterocycles. The second-order valence-electron chi connectivity index (χ2n) is 8.31. The van der Waals surface area contributed by atoms with Crippen LogP contribution in [0.4, 0.5) is 5.69 Å². The summed E-state index contributed by atoms with van der Waals surface area (Å²) in [5.74, 6) is 0. The van der Waals surface area contributed by atoms with E-state index in [1.807, 2.05) is 0 Å². The molecule has 5 nitrogen and oxygen atoms in total. The zero-order valence-corrected chi connectivity index (χ0v) is 16.5. The van der Waals surface area contributed by atoms with Crippen molar-refractivity contribution in [2.24, 2.45) is 0 Å². The monoisotopic (exact) mass is 348 g/mol. The first kappa shape index (κ1) is 18.6. The summed E-state index contributed by atoms with van der Waals surface area (Å²) in [6.45, 7) is 12.7. The van der Waals surface area contributed by atoms with Crippen molar-refractivity contribution in [2.45, 2.75) is 51.7 Å². The molecule has 0 unspecified atom stereocenters. The molecule has 0 bridgehead atoms. The van der Waals surface area contributed by atoms with Gasteiger partial charge in [0.2, 0.25) is 0 Å². The Bertz CT molecular complexity index is 591. The topological polar surface area (TPSA) is 34.2 Å². The number of morpholine rings is 1. The normalized spacial score (nSPS) is 23.4. The molecule has 140 valence electrons. The van der Waals surface area contributed by atoms with Crippen LogP contribution in [0.5, 0.6) is 0 Å². The van der Waals surface area contributed by atoms with Gasteiger partial charge in [0.25, 0.3) is 0 Å². The zero-order valence-electron chi connectivity index (χ0n) is 16.5. The average Bonchev–Trinajstić information content (AvgIpc) is 2.76. The summed E-state index contributed by atoms with van der Waals surface area (Å²) >= 11 is 0. The van der Waals surface area contributed by atoms with Crippen LogP contribution < -0.4 is 4.90 Å². The van der Waals surface area contributed by atoms with Gasteiger partial charge in [-0.2, -0.15) is 0 Å². The molecule has 5 heteroatoms. The Morgan fingerprint density at radius 3 is 2.20 bits per heavy atom. The Balaban J connectivity index is 1.89. The number of hydrogen-bond donors (Lipinski definition) is 0. The Morgan fingerprint density at radius 2 is 1.64 bits per heavy atom. The highest BCUT2D eigenvalue weighted by Gasteiger charge is 2.49. The fraction of sp³-hybridized carbons (Fsp3) is 0.700. The Labute approximate surface area is 151 Å². The highest BCUT2D eigenvalue weighted by atomic mass is 16.7. The number of benzene rings is 1. The molecule has 2 aliphatic heterocycles. The molecule has 0 amide bonds. The lowest BCUT2D eigenvalue weighted by Crippen LogP contribution is -2.41. The molecule has 0 radical (unpaired) electrons. The number of hydrogen-bond acceptors (Lipinski definition) is 5. The summed E-state index contributed by atoms with van der Waals surface area (Å²) in [6, 6.07) is 6.60. The van der Waals surface area contributed by atoms with Crippen molar-refractivity contribution in [3.05, 3.63) is 29.3 Å². The van der Waals surface area contributed by atoms with Gasteiger partial charge in [-0.15, -0.1) is 0 Å². The molecule has 2 aliphatic rings. The standard InChI is InChI=1S/C20H32N2O3/c1-19(2)20(3,4)25-18(24-19)15-7-8-17(16(13-15)14-21(5)6)22-9-11-23-12-10-22/h7-8,13,18H,9-12,14H2,1-6H3. The summed E-state index contributed by atoms with van der Waals surface area (Å²) in [6.07, 6.45) is -0.315. The van der Waals surface area contributed by atoms with E-state index in [-0.39, 0.29) is 17.5 Å². The predicted molar refractivity (Wildman–Crippen MR) is 99.9 cm³/mol. The van der Waals surface area contributed by atoms with Crippen LogP contribution in [0.3, 0.4) is 0 Å². The van der Waals surface area contributed by atoms with Crippen LogP contribution in [0.15, 0.2) is 18.2 Å². The molecule has 2 fully saturated rings. The molecule has 0 N–H and O–H groups in total. The lowest BCUT2D eigenvalue weighted by atomic mass is 9.90. The Kier molecular flexibility index (Phi) is 5.13. The van der Waals surface area contributed by atoms with Gasteiger partial charge in [0.1, 0.15) is 0 Å². The van der Waals surface area contributed by atoms with Crippen molar-refractivity contribution in [2.75, 3.05) is 45.3 Å². The first-order valence-corrected chi connectivity index (χ1v) is 9.15. The van der Waals surface area contributed by atoms with E-state index in [1.54, 1.807) is 0 Å². The van der Waals surface area contributed by atoms with Gasteiger partial charge in [-0.3, -0.25) is 0 Å². The van der Waals surface area contributed by atoms with Crippen molar-refractivity contribution in [1.82, 2.24) is 4.90 Å². The lowest BCUT2D eigenvalue weighted by molar-refractivity contribution is -0.0896. The first-order valence-electron chi connectivity index (χ1n) is 9.15. The van der Waals surface area contributed by atoms with Crippen LogP contribution >= 0.6 is 0 Å². The van der Waals surface area contributed by atoms with Crippen LogP contribution in [0, 0.1) is 0 Å². The van der Waals surface area contributed by atoms with Gasteiger partial charge in [-0.1, -0.05) is 6.07 Å². The molecule has 1 aromatic carbocycles. The number of anilines is 1. The second-order valence-corrected chi connectivity index (χ2v) is 8.31. The van der Waals surface area contributed by atoms with E-state index in [1.165, 1.54) is 11.3 Å². The summed E-state index contributed by atoms with van der Waals surface area (Å²) in [5.41, 5.74) is 3.05. The van der Waals surface area contributed by atoms with Gasteiger partial charge in [0.05, 0.1) is 24.4 Å². The van der Waals surface area contributed by atoms with Crippen LogP contribution in [0.25, 0.3) is 0 Å². The summed E-state index contributed by atoms with van der Waals surface area (Å²) in [4.78, 5) is 4.61. The van der Waals surface area contributed by atoms with E-state index >= 15 is 0 Å². The van der Waals surface area contributed by atoms with Crippen molar-refractivity contribution in [3.8, 4) is 0 Å². The number of rotatable bonds is 4. The Morgan fingerprint density at radius 1 is 1.04 bits per heavy atom. The van der Waals surface area contributed by atoms with Crippen molar-refractivity contribution < 1.29 is 14.2 Å². The van der Waals surface area contributed by atoms with Gasteiger partial charge in [-0.05, 0) is 59.5 Å². The summed E-state index contributed by atoms with van der Waals surface area (Å²) < 4.78 is 18.0. The Hall–Kier alpha value is -1.14. The minimum absolute atomic E-state index is 0.315. The van der Waals surface area contributed by atoms with Gasteiger partial charge >= 0.3 is 0 Å². The van der Waals surface area contributed by atoms with Crippen LogP contribution in [-0.4, -0.2) is 56.5 Å². The third-order valence-electron chi connectivity index (χ3n) is 5.47. The van der Waals surface area contributed by atoms with Crippen LogP contribution in [-0.2, 0) is 20.8 Å². The molecule has 0 aliphatic carbocycles. The molecular weight excluding hydrogens is 316 g/mol. The van der Waals surface area contributed by atoms with Crippen molar-refractivity contribution >= 4 is 5.69 Å². The molecular formula is C20H32N2O3. The number of ether oxygens (including phenoxy) is 3. The van der Waals surface area contributed by atoms with E-state index in [2.05, 4.69) is 69.8 Å². The highest BCUT2D eigenvalue weighted by molar-refractivity contribution is 5.55. The number of nitrogens with zero attached hydrogens (tertiary/aromatic N) is 2. The SMILES string of the molecule is CN(C)Cc1cc(C2OC(C)(C)C(C)(C)O2)ccc1N1CCOCC1. The minimum atomic E-state index is -0.317. The fourth-order valence-electron chi connectivity index (χ4n) is 3.31. The second kappa shape index (κ2) is 6.88. The van der Waals surface area contributed by atoms with E-state index in [9.17, 15) is 0 Å². The van der Waals surface area contributed by atoms with E-state index in [4.69, 9.17) is 14.2 Å². The minimum Gasteiger partial charge on any atom is -0.378 e. The van der Waals surface area contributed by atoms with Gasteiger partial charge in [-0.25, -0.2) is 0 Å². The fourth-order valence-corrected chi connectivity index (χ4v) is 3.31. The smallest absolute Gasteiger partial charge is 0.185 e. The largest absolute Gasteiger partial charge is 0.378 e. The molecule has 25 heavy (non-hydrogen) atoms. The van der Waals surface area contributed by atoms with E-state index in [0.29, 0.717) is 0 Å². The van der Waals surface area contributed by atoms with E-state index < -0.39 is 0 Å². The molecule has 0 spiro atoms. The first-order chi connectivity index (χ1) is 11.7. The molecule has 2 saturated heterocycles. The summed E-state index contributed by atoms with van der Waals surface area (Å²) in [7, 11) is 4.20. The third-order valence-corrected chi connectivity index (χ3v) is 5.47. The predicted octanol–water partition coefficient (Wildman–Crippen LogP) is 3.19. The van der Waals surface area contributed by atoms with Crippen molar-refractivity contribution in [3.63, 3.8) is 0 Å². The maximum absolute atomic E-state index is 6.23. The molecule has 0 aromatic heterocycles. The van der Waals surface area contributed by atoms with Gasteiger partial charge < -0.3 is 24.0 Å². The lowest BCUT2D eigenvalue weighted by Gasteiger charge is -2.31. The molecule has 0 saturated carbocycles. The molecule has 1 aromatic rings. The average molecular weight is 348 g/mol. The van der Waals surface area contributed by atoms with Gasteiger partial charge in [0, 0.05) is 30.9 Å². The van der Waals surface area contributed by atoms with Gasteiger partial charge in [0.15, 0.2) is 6.29 Å².